The van der Waals surface area contributed by atoms with Gasteiger partial charge in [-0.25, -0.2) is 0 Å². The summed E-state index contributed by atoms with van der Waals surface area (Å²) in [5, 5.41) is 3.53. The molecule has 0 amide bonds. The van der Waals surface area contributed by atoms with Crippen LogP contribution in [0, 0.1) is 5.92 Å². The third kappa shape index (κ3) is 4.04. The molecule has 1 N–H and O–H groups in total. The smallest absolute Gasteiger partial charge is 0.123 e. The van der Waals surface area contributed by atoms with Crippen molar-refractivity contribution in [1.82, 2.24) is 5.32 Å². The third-order valence-electron chi connectivity index (χ3n) is 3.35. The molecule has 1 aromatic carbocycles. The predicted octanol–water partition coefficient (Wildman–Crippen LogP) is 3.36. The summed E-state index contributed by atoms with van der Waals surface area (Å²) in [5.41, 5.74) is 1.28. The van der Waals surface area contributed by atoms with Crippen LogP contribution in [-0.2, 0) is 6.54 Å². The molecule has 0 aliphatic heterocycles. The van der Waals surface area contributed by atoms with Crippen molar-refractivity contribution in [2.45, 2.75) is 45.7 Å². The van der Waals surface area contributed by atoms with Crippen molar-refractivity contribution >= 4 is 0 Å². The highest BCUT2D eigenvalue weighted by atomic mass is 16.5. The van der Waals surface area contributed by atoms with E-state index in [-0.39, 0.29) is 0 Å². The van der Waals surface area contributed by atoms with Gasteiger partial charge in [-0.05, 0) is 24.8 Å². The molecule has 1 aliphatic rings. The zero-order chi connectivity index (χ0) is 12.1. The van der Waals surface area contributed by atoms with Gasteiger partial charge in [-0.15, -0.1) is 0 Å². The molecule has 1 unspecified atom stereocenters. The lowest BCUT2D eigenvalue weighted by atomic mass is 10.1. The highest BCUT2D eigenvalue weighted by Gasteiger charge is 2.20. The van der Waals surface area contributed by atoms with Crippen LogP contribution in [0.25, 0.3) is 0 Å². The Morgan fingerprint density at radius 2 is 2.12 bits per heavy atom. The Morgan fingerprint density at radius 1 is 1.35 bits per heavy atom. The molecule has 2 rings (SSSR count). The molecule has 0 spiro atoms. The molecule has 0 aromatic heterocycles. The van der Waals surface area contributed by atoms with Crippen LogP contribution in [-0.4, -0.2) is 12.6 Å². The maximum atomic E-state index is 5.90. The van der Waals surface area contributed by atoms with E-state index in [1.165, 1.54) is 24.8 Å². The van der Waals surface area contributed by atoms with Crippen LogP contribution in [0.1, 0.15) is 38.7 Å². The summed E-state index contributed by atoms with van der Waals surface area (Å²) in [5.74, 6) is 1.67. The minimum Gasteiger partial charge on any atom is -0.493 e. The summed E-state index contributed by atoms with van der Waals surface area (Å²) in [6.07, 6.45) is 3.83. The zero-order valence-electron chi connectivity index (χ0n) is 10.9. The molecule has 17 heavy (non-hydrogen) atoms. The lowest BCUT2D eigenvalue weighted by Crippen LogP contribution is -2.16. The second kappa shape index (κ2) is 6.06. The Hall–Kier alpha value is -1.02. The average Bonchev–Trinajstić information content (AvgIpc) is 3.18. The molecule has 0 heterocycles. The molecule has 1 fully saturated rings. The molecule has 2 heteroatoms. The van der Waals surface area contributed by atoms with Gasteiger partial charge in [-0.1, -0.05) is 38.5 Å². The van der Waals surface area contributed by atoms with Gasteiger partial charge in [0, 0.05) is 18.2 Å². The SMILES string of the molecule is CCC(C)COc1ccccc1CNC1CC1. The van der Waals surface area contributed by atoms with E-state index in [1.54, 1.807) is 0 Å². The number of rotatable bonds is 7. The highest BCUT2D eigenvalue weighted by Crippen LogP contribution is 2.23. The van der Waals surface area contributed by atoms with Gasteiger partial charge in [0.15, 0.2) is 0 Å². The van der Waals surface area contributed by atoms with Crippen molar-refractivity contribution in [2.24, 2.45) is 5.92 Å². The lowest BCUT2D eigenvalue weighted by Gasteiger charge is -2.14. The normalized spacial score (nSPS) is 16.8. The van der Waals surface area contributed by atoms with Crippen LogP contribution < -0.4 is 10.1 Å². The fraction of sp³-hybridized carbons (Fsp3) is 0.600. The minimum absolute atomic E-state index is 0.624. The first-order valence-corrected chi connectivity index (χ1v) is 6.73. The highest BCUT2D eigenvalue weighted by molar-refractivity contribution is 5.33. The number of nitrogens with one attached hydrogen (secondary N) is 1. The van der Waals surface area contributed by atoms with Gasteiger partial charge >= 0.3 is 0 Å². The van der Waals surface area contributed by atoms with Crippen molar-refractivity contribution in [3.05, 3.63) is 29.8 Å². The fourth-order valence-electron chi connectivity index (χ4n) is 1.68. The number of benzene rings is 1. The Bertz CT molecular complexity index is 347. The van der Waals surface area contributed by atoms with Crippen molar-refractivity contribution in [3.8, 4) is 5.75 Å². The Labute approximate surface area is 104 Å². The van der Waals surface area contributed by atoms with E-state index < -0.39 is 0 Å². The summed E-state index contributed by atoms with van der Waals surface area (Å²) in [4.78, 5) is 0. The van der Waals surface area contributed by atoms with Crippen molar-refractivity contribution < 1.29 is 4.74 Å². The molecule has 1 aromatic rings. The first-order chi connectivity index (χ1) is 8.29. The number of ether oxygens (including phenoxy) is 1. The topological polar surface area (TPSA) is 21.3 Å². The summed E-state index contributed by atoms with van der Waals surface area (Å²) < 4.78 is 5.90. The van der Waals surface area contributed by atoms with Crippen LogP contribution in [0.2, 0.25) is 0 Å². The zero-order valence-corrected chi connectivity index (χ0v) is 10.9. The molecule has 0 radical (unpaired) electrons. The maximum absolute atomic E-state index is 5.90. The molecule has 1 saturated carbocycles. The molecule has 94 valence electrons. The van der Waals surface area contributed by atoms with Gasteiger partial charge in [-0.3, -0.25) is 0 Å². The van der Waals surface area contributed by atoms with E-state index >= 15 is 0 Å². The van der Waals surface area contributed by atoms with E-state index in [0.29, 0.717) is 5.92 Å². The quantitative estimate of drug-likeness (QED) is 0.779. The summed E-state index contributed by atoms with van der Waals surface area (Å²) >= 11 is 0. The van der Waals surface area contributed by atoms with Gasteiger partial charge in [0.2, 0.25) is 0 Å². The second-order valence-electron chi connectivity index (χ2n) is 5.09. The van der Waals surface area contributed by atoms with E-state index in [0.717, 1.165) is 24.9 Å². The van der Waals surface area contributed by atoms with Gasteiger partial charge < -0.3 is 10.1 Å². The van der Waals surface area contributed by atoms with Gasteiger partial charge in [0.25, 0.3) is 0 Å². The molecular formula is C15H23NO. The average molecular weight is 233 g/mol. The number of hydrogen-bond acceptors (Lipinski definition) is 2. The van der Waals surface area contributed by atoms with Gasteiger partial charge in [0.1, 0.15) is 5.75 Å². The third-order valence-corrected chi connectivity index (χ3v) is 3.35. The lowest BCUT2D eigenvalue weighted by molar-refractivity contribution is 0.254. The summed E-state index contributed by atoms with van der Waals surface area (Å²) in [6, 6.07) is 9.11. The largest absolute Gasteiger partial charge is 0.493 e. The molecule has 0 bridgehead atoms. The van der Waals surface area contributed by atoms with Crippen molar-refractivity contribution in [3.63, 3.8) is 0 Å². The van der Waals surface area contributed by atoms with E-state index in [4.69, 9.17) is 4.74 Å². The first kappa shape index (κ1) is 12.4. The predicted molar refractivity (Wildman–Crippen MR) is 71.3 cm³/mol. The van der Waals surface area contributed by atoms with E-state index in [9.17, 15) is 0 Å². The maximum Gasteiger partial charge on any atom is 0.123 e. The Balaban J connectivity index is 1.89. The molecule has 1 atom stereocenters. The standard InChI is InChI=1S/C15H23NO/c1-3-12(2)11-17-15-7-5-4-6-13(15)10-16-14-8-9-14/h4-7,12,14,16H,3,8-11H2,1-2H3. The fourth-order valence-corrected chi connectivity index (χ4v) is 1.68. The van der Waals surface area contributed by atoms with Crippen LogP contribution in [0.15, 0.2) is 24.3 Å². The van der Waals surface area contributed by atoms with Crippen LogP contribution >= 0.6 is 0 Å². The molecule has 0 saturated heterocycles. The minimum atomic E-state index is 0.624. The molecular weight excluding hydrogens is 210 g/mol. The molecule has 2 nitrogen and oxygen atoms in total. The monoisotopic (exact) mass is 233 g/mol. The Kier molecular flexibility index (Phi) is 4.43. The van der Waals surface area contributed by atoms with E-state index in [1.807, 2.05) is 6.07 Å². The van der Waals surface area contributed by atoms with Crippen LogP contribution in [0.3, 0.4) is 0 Å². The van der Waals surface area contributed by atoms with E-state index in [2.05, 4.69) is 37.4 Å². The van der Waals surface area contributed by atoms with Crippen molar-refractivity contribution in [2.75, 3.05) is 6.61 Å². The van der Waals surface area contributed by atoms with Crippen LogP contribution in [0.5, 0.6) is 5.75 Å². The second-order valence-corrected chi connectivity index (χ2v) is 5.09. The number of para-hydroxylation sites is 1. The number of hydrogen-bond donors (Lipinski definition) is 1. The van der Waals surface area contributed by atoms with Crippen molar-refractivity contribution in [1.29, 1.82) is 0 Å². The summed E-state index contributed by atoms with van der Waals surface area (Å²) in [6.45, 7) is 6.18. The van der Waals surface area contributed by atoms with Crippen LogP contribution in [0.4, 0.5) is 0 Å². The van der Waals surface area contributed by atoms with Gasteiger partial charge in [-0.2, -0.15) is 0 Å². The Morgan fingerprint density at radius 3 is 2.82 bits per heavy atom. The first-order valence-electron chi connectivity index (χ1n) is 6.73. The molecule has 1 aliphatic carbocycles. The summed E-state index contributed by atoms with van der Waals surface area (Å²) in [7, 11) is 0. The van der Waals surface area contributed by atoms with Gasteiger partial charge in [0.05, 0.1) is 6.61 Å².